The first-order valence-electron chi connectivity index (χ1n) is 4.02. The van der Waals surface area contributed by atoms with Crippen molar-refractivity contribution >= 4 is 28.6 Å². The van der Waals surface area contributed by atoms with Crippen LogP contribution in [0.1, 0.15) is 0 Å². The number of non-ortho nitro benzene ring substituents is 1. The van der Waals surface area contributed by atoms with Crippen molar-refractivity contribution in [2.45, 2.75) is 0 Å². The number of aromatic nitrogens is 1. The molecule has 0 saturated carbocycles. The maximum absolute atomic E-state index is 10.6. The van der Waals surface area contributed by atoms with Crippen LogP contribution in [0.4, 0.5) is 5.69 Å². The number of nitrogens with zero attached hydrogens (tertiary/aromatic N) is 2. The normalized spacial score (nSPS) is 10.2. The van der Waals surface area contributed by atoms with E-state index in [2.05, 4.69) is 4.98 Å². The van der Waals surface area contributed by atoms with E-state index in [9.17, 15) is 10.1 Å². The predicted molar refractivity (Wildman–Crippen MR) is 59.2 cm³/mol. The van der Waals surface area contributed by atoms with E-state index in [4.69, 9.17) is 11.6 Å². The molecule has 6 heteroatoms. The van der Waals surface area contributed by atoms with Crippen molar-refractivity contribution < 1.29 is 4.92 Å². The zero-order valence-electron chi connectivity index (χ0n) is 7.38. The molecule has 0 radical (unpaired) electrons. The average Bonchev–Trinajstić information content (AvgIpc) is 2.65. The SMILES string of the molecule is O=[N+]([O-])c1cccc(-c2csc(Cl)n2)c1. The summed E-state index contributed by atoms with van der Waals surface area (Å²) in [4.78, 5) is 14.2. The zero-order valence-corrected chi connectivity index (χ0v) is 8.96. The second-order valence-electron chi connectivity index (χ2n) is 2.79. The Morgan fingerprint density at radius 1 is 1.47 bits per heavy atom. The lowest BCUT2D eigenvalue weighted by Gasteiger charge is -1.95. The third-order valence-corrected chi connectivity index (χ3v) is 2.81. The Labute approximate surface area is 94.3 Å². The van der Waals surface area contributed by atoms with Crippen molar-refractivity contribution in [1.82, 2.24) is 4.98 Å². The van der Waals surface area contributed by atoms with Crippen LogP contribution in [-0.2, 0) is 0 Å². The minimum atomic E-state index is -0.433. The minimum absolute atomic E-state index is 0.0524. The molecule has 0 aliphatic heterocycles. The minimum Gasteiger partial charge on any atom is -0.258 e. The van der Waals surface area contributed by atoms with Crippen molar-refractivity contribution in [3.63, 3.8) is 0 Å². The Kier molecular flexibility index (Phi) is 2.66. The summed E-state index contributed by atoms with van der Waals surface area (Å²) in [5, 5.41) is 12.3. The summed E-state index contributed by atoms with van der Waals surface area (Å²) in [7, 11) is 0. The highest BCUT2D eigenvalue weighted by Crippen LogP contribution is 2.26. The van der Waals surface area contributed by atoms with E-state index >= 15 is 0 Å². The molecule has 1 heterocycles. The number of nitro benzene ring substituents is 1. The molecule has 76 valence electrons. The van der Waals surface area contributed by atoms with Crippen molar-refractivity contribution in [2.75, 3.05) is 0 Å². The molecule has 15 heavy (non-hydrogen) atoms. The second kappa shape index (κ2) is 3.96. The lowest BCUT2D eigenvalue weighted by atomic mass is 10.1. The van der Waals surface area contributed by atoms with Crippen LogP contribution in [-0.4, -0.2) is 9.91 Å². The Hall–Kier alpha value is -1.46. The summed E-state index contributed by atoms with van der Waals surface area (Å²) >= 11 is 6.98. The van der Waals surface area contributed by atoms with E-state index in [0.29, 0.717) is 15.7 Å². The number of nitro groups is 1. The molecule has 0 saturated heterocycles. The molecule has 0 aliphatic carbocycles. The lowest BCUT2D eigenvalue weighted by Crippen LogP contribution is -1.87. The first-order valence-corrected chi connectivity index (χ1v) is 5.28. The van der Waals surface area contributed by atoms with Crippen molar-refractivity contribution in [1.29, 1.82) is 0 Å². The van der Waals surface area contributed by atoms with Crippen molar-refractivity contribution in [3.05, 3.63) is 44.2 Å². The fraction of sp³-hybridized carbons (Fsp3) is 0. The van der Waals surface area contributed by atoms with E-state index in [1.54, 1.807) is 17.5 Å². The number of halogens is 1. The van der Waals surface area contributed by atoms with Gasteiger partial charge < -0.3 is 0 Å². The lowest BCUT2D eigenvalue weighted by molar-refractivity contribution is -0.384. The summed E-state index contributed by atoms with van der Waals surface area (Å²) in [6.45, 7) is 0. The number of hydrogen-bond donors (Lipinski definition) is 0. The number of rotatable bonds is 2. The molecule has 0 bridgehead atoms. The summed E-state index contributed by atoms with van der Waals surface area (Å²) in [5.74, 6) is 0. The fourth-order valence-corrected chi connectivity index (χ4v) is 1.94. The predicted octanol–water partition coefficient (Wildman–Crippen LogP) is 3.37. The van der Waals surface area contributed by atoms with Gasteiger partial charge in [-0.25, -0.2) is 4.98 Å². The molecular weight excluding hydrogens is 236 g/mol. The van der Waals surface area contributed by atoms with E-state index in [-0.39, 0.29) is 5.69 Å². The molecule has 0 aliphatic rings. The smallest absolute Gasteiger partial charge is 0.258 e. The highest BCUT2D eigenvalue weighted by Gasteiger charge is 2.08. The zero-order chi connectivity index (χ0) is 10.8. The quantitative estimate of drug-likeness (QED) is 0.597. The van der Waals surface area contributed by atoms with Crippen LogP contribution < -0.4 is 0 Å². The first kappa shape index (κ1) is 10.1. The van der Waals surface area contributed by atoms with Crippen LogP contribution in [0.25, 0.3) is 11.3 Å². The van der Waals surface area contributed by atoms with Gasteiger partial charge in [0.1, 0.15) is 0 Å². The van der Waals surface area contributed by atoms with Gasteiger partial charge in [0.15, 0.2) is 4.47 Å². The molecule has 0 amide bonds. The molecule has 0 spiro atoms. The van der Waals surface area contributed by atoms with Crippen LogP contribution in [0.3, 0.4) is 0 Å². The molecule has 0 unspecified atom stereocenters. The van der Waals surface area contributed by atoms with E-state index in [1.165, 1.54) is 23.5 Å². The van der Waals surface area contributed by atoms with Crippen LogP contribution in [0.5, 0.6) is 0 Å². The highest BCUT2D eigenvalue weighted by atomic mass is 35.5. The highest BCUT2D eigenvalue weighted by molar-refractivity contribution is 7.14. The number of benzene rings is 1. The number of hydrogen-bond acceptors (Lipinski definition) is 4. The van der Waals surface area contributed by atoms with Gasteiger partial charge in [0.25, 0.3) is 5.69 Å². The monoisotopic (exact) mass is 240 g/mol. The molecule has 0 N–H and O–H groups in total. The summed E-state index contributed by atoms with van der Waals surface area (Å²) < 4.78 is 0.427. The van der Waals surface area contributed by atoms with Gasteiger partial charge in [-0.15, -0.1) is 11.3 Å². The van der Waals surface area contributed by atoms with Gasteiger partial charge >= 0.3 is 0 Å². The van der Waals surface area contributed by atoms with Gasteiger partial charge in [0.2, 0.25) is 0 Å². The standard InChI is InChI=1S/C9H5ClN2O2S/c10-9-11-8(5-15-9)6-2-1-3-7(4-6)12(13)14/h1-5H. The molecule has 1 aromatic carbocycles. The molecule has 4 nitrogen and oxygen atoms in total. The molecular formula is C9H5ClN2O2S. The maximum Gasteiger partial charge on any atom is 0.270 e. The van der Waals surface area contributed by atoms with Gasteiger partial charge in [0, 0.05) is 23.1 Å². The largest absolute Gasteiger partial charge is 0.270 e. The van der Waals surface area contributed by atoms with Crippen LogP contribution in [0.15, 0.2) is 29.6 Å². The van der Waals surface area contributed by atoms with Crippen LogP contribution in [0, 0.1) is 10.1 Å². The molecule has 2 aromatic rings. The molecule has 1 aromatic heterocycles. The Balaban J connectivity index is 2.45. The van der Waals surface area contributed by atoms with E-state index in [1.807, 2.05) is 0 Å². The van der Waals surface area contributed by atoms with Gasteiger partial charge in [0.05, 0.1) is 10.6 Å². The molecule has 0 fully saturated rings. The summed E-state index contributed by atoms with van der Waals surface area (Å²) in [6, 6.07) is 6.31. The third-order valence-electron chi connectivity index (χ3n) is 1.83. The Morgan fingerprint density at radius 3 is 2.87 bits per heavy atom. The topological polar surface area (TPSA) is 56.0 Å². The van der Waals surface area contributed by atoms with E-state index in [0.717, 1.165) is 0 Å². The fourth-order valence-electron chi connectivity index (χ4n) is 1.16. The van der Waals surface area contributed by atoms with Crippen LogP contribution >= 0.6 is 22.9 Å². The van der Waals surface area contributed by atoms with Gasteiger partial charge in [-0.1, -0.05) is 23.7 Å². The Bertz CT molecular complexity index is 512. The maximum atomic E-state index is 10.6. The second-order valence-corrected chi connectivity index (χ2v) is 4.23. The summed E-state index contributed by atoms with van der Waals surface area (Å²) in [6.07, 6.45) is 0. The van der Waals surface area contributed by atoms with Crippen LogP contribution in [0.2, 0.25) is 4.47 Å². The van der Waals surface area contributed by atoms with Gasteiger partial charge in [-0.05, 0) is 0 Å². The first-order chi connectivity index (χ1) is 7.16. The van der Waals surface area contributed by atoms with Gasteiger partial charge in [-0.3, -0.25) is 10.1 Å². The number of thiazole rings is 1. The van der Waals surface area contributed by atoms with Crippen molar-refractivity contribution in [3.8, 4) is 11.3 Å². The molecule has 2 rings (SSSR count). The van der Waals surface area contributed by atoms with Crippen molar-refractivity contribution in [2.24, 2.45) is 0 Å². The van der Waals surface area contributed by atoms with Gasteiger partial charge in [-0.2, -0.15) is 0 Å². The Morgan fingerprint density at radius 2 is 2.27 bits per heavy atom. The molecule has 0 atom stereocenters. The average molecular weight is 241 g/mol. The van der Waals surface area contributed by atoms with E-state index < -0.39 is 4.92 Å². The summed E-state index contributed by atoms with van der Waals surface area (Å²) in [5.41, 5.74) is 1.41. The third kappa shape index (κ3) is 2.14.